The van der Waals surface area contributed by atoms with Crippen molar-refractivity contribution in [1.82, 2.24) is 0 Å². The van der Waals surface area contributed by atoms with Gasteiger partial charge in [-0.25, -0.2) is 4.79 Å². The van der Waals surface area contributed by atoms with Gasteiger partial charge in [-0.3, -0.25) is 14.9 Å². The van der Waals surface area contributed by atoms with Crippen LogP contribution in [0.3, 0.4) is 0 Å². The van der Waals surface area contributed by atoms with E-state index < -0.39 is 16.9 Å². The molecule has 1 aliphatic rings. The number of hydrogen-bond donors (Lipinski definition) is 1. The maximum absolute atomic E-state index is 10.9. The monoisotopic (exact) mass is 239 g/mol. The lowest BCUT2D eigenvalue weighted by atomic mass is 10.2. The van der Waals surface area contributed by atoms with Crippen molar-refractivity contribution < 1.29 is 24.4 Å². The highest BCUT2D eigenvalue weighted by Gasteiger charge is 2.21. The molecule has 0 saturated heterocycles. The molecule has 0 saturated carbocycles. The molecule has 0 bridgehead atoms. The van der Waals surface area contributed by atoms with E-state index >= 15 is 0 Å². The molecule has 1 aliphatic carbocycles. The standard InChI is InChI=1S/C10H9NO6/c1-6(12)17-9-5-3-7(11(15)16)2-4-8(9)10(13)14/h3-5H,2H2,1H3,(H,13,14). The second kappa shape index (κ2) is 5.06. The van der Waals surface area contributed by atoms with Gasteiger partial charge < -0.3 is 9.84 Å². The summed E-state index contributed by atoms with van der Waals surface area (Å²) in [6.45, 7) is 1.11. The quantitative estimate of drug-likeness (QED) is 0.447. The number of hydrogen-bond acceptors (Lipinski definition) is 5. The number of carbonyl (C=O) groups excluding carboxylic acids is 1. The smallest absolute Gasteiger partial charge is 0.339 e. The topological polar surface area (TPSA) is 107 Å². The Morgan fingerprint density at radius 2 is 2.12 bits per heavy atom. The third kappa shape index (κ3) is 3.26. The summed E-state index contributed by atoms with van der Waals surface area (Å²) in [7, 11) is 0. The number of allylic oxidation sites excluding steroid dienone is 3. The Kier molecular flexibility index (Phi) is 3.76. The van der Waals surface area contributed by atoms with Crippen molar-refractivity contribution in [2.45, 2.75) is 13.3 Å². The minimum atomic E-state index is -1.31. The maximum Gasteiger partial charge on any atom is 0.339 e. The van der Waals surface area contributed by atoms with E-state index in [0.29, 0.717) is 0 Å². The molecule has 0 radical (unpaired) electrons. The molecule has 0 aromatic heterocycles. The zero-order valence-corrected chi connectivity index (χ0v) is 8.87. The van der Waals surface area contributed by atoms with Crippen LogP contribution in [0.15, 0.2) is 35.3 Å². The molecule has 7 heteroatoms. The number of carboxylic acid groups (broad SMARTS) is 1. The number of esters is 1. The fraction of sp³-hybridized carbons (Fsp3) is 0.200. The Morgan fingerprint density at radius 3 is 2.59 bits per heavy atom. The Hall–Kier alpha value is -2.44. The Balaban J connectivity index is 3.12. The summed E-state index contributed by atoms with van der Waals surface area (Å²) in [5.74, 6) is -2.21. The highest BCUT2D eigenvalue weighted by atomic mass is 16.6. The highest BCUT2D eigenvalue weighted by molar-refractivity contribution is 5.92. The van der Waals surface area contributed by atoms with Crippen LogP contribution in [0.5, 0.6) is 0 Å². The maximum atomic E-state index is 10.9. The first-order chi connectivity index (χ1) is 7.91. The number of aliphatic carboxylic acids is 1. The van der Waals surface area contributed by atoms with E-state index in [9.17, 15) is 19.7 Å². The van der Waals surface area contributed by atoms with Crippen LogP contribution in [0, 0.1) is 10.1 Å². The minimum absolute atomic E-state index is 0.143. The van der Waals surface area contributed by atoms with Gasteiger partial charge in [-0.2, -0.15) is 0 Å². The molecule has 0 spiro atoms. The van der Waals surface area contributed by atoms with Crippen LogP contribution in [-0.4, -0.2) is 22.0 Å². The van der Waals surface area contributed by atoms with Gasteiger partial charge in [0.05, 0.1) is 16.9 Å². The SMILES string of the molecule is CC(=O)OC1=CC=C([N+](=O)[O-])CC=C1C(=O)O. The number of ether oxygens (including phenoxy) is 1. The summed E-state index contributed by atoms with van der Waals surface area (Å²) in [5.41, 5.74) is -0.445. The third-order valence-corrected chi connectivity index (χ3v) is 1.93. The van der Waals surface area contributed by atoms with Crippen LogP contribution in [0.4, 0.5) is 0 Å². The summed E-state index contributed by atoms with van der Waals surface area (Å²) in [6.07, 6.45) is 3.21. The van der Waals surface area contributed by atoms with Gasteiger partial charge in [0.1, 0.15) is 5.76 Å². The molecule has 0 aliphatic heterocycles. The van der Waals surface area contributed by atoms with Crippen LogP contribution in [-0.2, 0) is 14.3 Å². The first-order valence-corrected chi connectivity index (χ1v) is 4.59. The van der Waals surface area contributed by atoms with Crippen molar-refractivity contribution in [2.24, 2.45) is 0 Å². The lowest BCUT2D eigenvalue weighted by molar-refractivity contribution is -0.426. The van der Waals surface area contributed by atoms with E-state index in [1.54, 1.807) is 0 Å². The number of nitro groups is 1. The summed E-state index contributed by atoms with van der Waals surface area (Å²) in [6, 6.07) is 0. The normalized spacial score (nSPS) is 15.0. The van der Waals surface area contributed by atoms with Gasteiger partial charge in [-0.1, -0.05) is 6.08 Å². The molecular weight excluding hydrogens is 230 g/mol. The van der Waals surface area contributed by atoms with Gasteiger partial charge in [0.25, 0.3) is 0 Å². The molecule has 0 unspecified atom stereocenters. The molecule has 0 atom stereocenters. The van der Waals surface area contributed by atoms with Crippen LogP contribution < -0.4 is 0 Å². The number of nitrogens with zero attached hydrogens (tertiary/aromatic N) is 1. The predicted molar refractivity (Wildman–Crippen MR) is 55.3 cm³/mol. The Labute approximate surface area is 95.8 Å². The largest absolute Gasteiger partial charge is 0.478 e. The van der Waals surface area contributed by atoms with Crippen molar-refractivity contribution in [1.29, 1.82) is 0 Å². The van der Waals surface area contributed by atoms with E-state index in [0.717, 1.165) is 25.2 Å². The van der Waals surface area contributed by atoms with Gasteiger partial charge >= 0.3 is 11.9 Å². The molecule has 0 heterocycles. The van der Waals surface area contributed by atoms with Gasteiger partial charge in [0.15, 0.2) is 0 Å². The second-order valence-corrected chi connectivity index (χ2v) is 3.17. The molecule has 17 heavy (non-hydrogen) atoms. The Morgan fingerprint density at radius 1 is 1.47 bits per heavy atom. The predicted octanol–water partition coefficient (Wildman–Crippen LogP) is 1.01. The average molecular weight is 239 g/mol. The molecule has 0 aromatic carbocycles. The van der Waals surface area contributed by atoms with Crippen molar-refractivity contribution in [3.8, 4) is 0 Å². The van der Waals surface area contributed by atoms with E-state index in [4.69, 9.17) is 5.11 Å². The fourth-order valence-corrected chi connectivity index (χ4v) is 1.21. The van der Waals surface area contributed by atoms with Crippen molar-refractivity contribution in [3.63, 3.8) is 0 Å². The first kappa shape index (κ1) is 12.6. The minimum Gasteiger partial charge on any atom is -0.478 e. The summed E-state index contributed by atoms with van der Waals surface area (Å²) >= 11 is 0. The number of rotatable bonds is 3. The Bertz CT molecular complexity index is 471. The van der Waals surface area contributed by atoms with E-state index in [-0.39, 0.29) is 23.5 Å². The average Bonchev–Trinajstić information content (AvgIpc) is 2.39. The van der Waals surface area contributed by atoms with Crippen molar-refractivity contribution in [2.75, 3.05) is 0 Å². The summed E-state index contributed by atoms with van der Waals surface area (Å²) in [5, 5.41) is 19.4. The molecule has 1 rings (SSSR count). The third-order valence-electron chi connectivity index (χ3n) is 1.93. The lowest BCUT2D eigenvalue weighted by Gasteiger charge is -2.05. The van der Waals surface area contributed by atoms with Gasteiger partial charge in [0, 0.05) is 13.0 Å². The number of carboxylic acids is 1. The molecule has 7 nitrogen and oxygen atoms in total. The van der Waals surface area contributed by atoms with Crippen molar-refractivity contribution in [3.05, 3.63) is 45.4 Å². The van der Waals surface area contributed by atoms with Crippen LogP contribution in [0.2, 0.25) is 0 Å². The molecule has 0 aromatic rings. The zero-order valence-electron chi connectivity index (χ0n) is 8.87. The highest BCUT2D eigenvalue weighted by Crippen LogP contribution is 2.20. The van der Waals surface area contributed by atoms with Crippen molar-refractivity contribution >= 4 is 11.9 Å². The van der Waals surface area contributed by atoms with E-state index in [2.05, 4.69) is 4.74 Å². The molecule has 0 fully saturated rings. The molecule has 0 amide bonds. The second-order valence-electron chi connectivity index (χ2n) is 3.17. The molecule has 1 N–H and O–H groups in total. The van der Waals surface area contributed by atoms with Gasteiger partial charge in [-0.05, 0) is 6.08 Å². The number of carbonyl (C=O) groups is 2. The fourth-order valence-electron chi connectivity index (χ4n) is 1.21. The lowest BCUT2D eigenvalue weighted by Crippen LogP contribution is -2.08. The molecular formula is C10H9NO6. The summed E-state index contributed by atoms with van der Waals surface area (Å²) < 4.78 is 4.68. The van der Waals surface area contributed by atoms with Crippen LogP contribution in [0.1, 0.15) is 13.3 Å². The van der Waals surface area contributed by atoms with Gasteiger partial charge in [0.2, 0.25) is 5.70 Å². The van der Waals surface area contributed by atoms with Crippen LogP contribution >= 0.6 is 0 Å². The van der Waals surface area contributed by atoms with E-state index in [1.807, 2.05) is 0 Å². The van der Waals surface area contributed by atoms with Crippen LogP contribution in [0.25, 0.3) is 0 Å². The van der Waals surface area contributed by atoms with E-state index in [1.165, 1.54) is 0 Å². The summed E-state index contributed by atoms with van der Waals surface area (Å²) in [4.78, 5) is 31.6. The van der Waals surface area contributed by atoms with Gasteiger partial charge in [-0.15, -0.1) is 0 Å². The first-order valence-electron chi connectivity index (χ1n) is 4.59. The zero-order chi connectivity index (χ0) is 13.0. The molecule has 90 valence electrons.